The molecule has 108 valence electrons. The second kappa shape index (κ2) is 6.02. The lowest BCUT2D eigenvalue weighted by Gasteiger charge is -2.23. The zero-order valence-electron chi connectivity index (χ0n) is 11.8. The summed E-state index contributed by atoms with van der Waals surface area (Å²) in [4.78, 5) is 8.70. The number of nitrogens with one attached hydrogen (secondary N) is 1. The van der Waals surface area contributed by atoms with Crippen LogP contribution in [-0.4, -0.2) is 40.9 Å². The summed E-state index contributed by atoms with van der Waals surface area (Å²) >= 11 is 0. The Morgan fingerprint density at radius 3 is 2.60 bits per heavy atom. The van der Waals surface area contributed by atoms with Gasteiger partial charge >= 0.3 is 0 Å². The molecular weight excluding hydrogens is 256 g/mol. The molecule has 6 heteroatoms. The second-order valence-electron chi connectivity index (χ2n) is 5.04. The van der Waals surface area contributed by atoms with Gasteiger partial charge in [-0.3, -0.25) is 0 Å². The molecule has 0 aliphatic heterocycles. The minimum atomic E-state index is -0.893. The number of aliphatic hydroxyl groups is 1. The first-order valence-electron chi connectivity index (χ1n) is 6.49. The molecule has 0 spiro atoms. The van der Waals surface area contributed by atoms with E-state index in [1.54, 1.807) is 14.0 Å². The standard InChI is InChI=1S/C14H20N4O2/c1-14(19,7-8-20-2)9-16-13-12(15)17-10-5-3-4-6-11(10)18-13/h3-6,19H,7-9H2,1-2H3,(H2,15,17)(H,16,18). The molecule has 0 amide bonds. The maximum absolute atomic E-state index is 10.2. The Labute approximate surface area is 118 Å². The van der Waals surface area contributed by atoms with E-state index in [0.29, 0.717) is 31.2 Å². The lowest BCUT2D eigenvalue weighted by Crippen LogP contribution is -2.35. The van der Waals surface area contributed by atoms with E-state index in [2.05, 4.69) is 15.3 Å². The van der Waals surface area contributed by atoms with Crippen LogP contribution in [0.2, 0.25) is 0 Å². The van der Waals surface area contributed by atoms with Crippen LogP contribution in [0.4, 0.5) is 11.6 Å². The fourth-order valence-electron chi connectivity index (χ4n) is 1.83. The molecule has 4 N–H and O–H groups in total. The van der Waals surface area contributed by atoms with Gasteiger partial charge in [-0.2, -0.15) is 0 Å². The minimum absolute atomic E-state index is 0.325. The fraction of sp³-hybridized carbons (Fsp3) is 0.429. The number of hydrogen-bond donors (Lipinski definition) is 3. The van der Waals surface area contributed by atoms with Gasteiger partial charge in [-0.15, -0.1) is 0 Å². The van der Waals surface area contributed by atoms with Crippen LogP contribution in [0.25, 0.3) is 11.0 Å². The number of hydrogen-bond acceptors (Lipinski definition) is 6. The molecule has 0 saturated heterocycles. The monoisotopic (exact) mass is 276 g/mol. The van der Waals surface area contributed by atoms with Gasteiger partial charge in [-0.1, -0.05) is 12.1 Å². The van der Waals surface area contributed by atoms with E-state index < -0.39 is 5.60 Å². The van der Waals surface area contributed by atoms with Crippen molar-refractivity contribution >= 4 is 22.7 Å². The smallest absolute Gasteiger partial charge is 0.169 e. The van der Waals surface area contributed by atoms with Crippen LogP contribution in [0.15, 0.2) is 24.3 Å². The molecule has 0 radical (unpaired) electrons. The molecule has 2 aromatic rings. The Balaban J connectivity index is 2.11. The van der Waals surface area contributed by atoms with Gasteiger partial charge in [0.05, 0.1) is 16.6 Å². The van der Waals surface area contributed by atoms with Crippen LogP contribution in [-0.2, 0) is 4.74 Å². The highest BCUT2D eigenvalue weighted by Gasteiger charge is 2.20. The number of anilines is 2. The first-order chi connectivity index (χ1) is 9.52. The Morgan fingerprint density at radius 2 is 1.95 bits per heavy atom. The molecule has 0 saturated carbocycles. The van der Waals surface area contributed by atoms with Gasteiger partial charge in [0.2, 0.25) is 0 Å². The molecule has 0 aliphatic carbocycles. The van der Waals surface area contributed by atoms with Crippen molar-refractivity contribution in [3.05, 3.63) is 24.3 Å². The summed E-state index contributed by atoms with van der Waals surface area (Å²) in [6.07, 6.45) is 0.525. The van der Waals surface area contributed by atoms with Gasteiger partial charge in [0, 0.05) is 26.7 Å². The molecule has 1 atom stereocenters. The molecule has 6 nitrogen and oxygen atoms in total. The third-order valence-corrected chi connectivity index (χ3v) is 3.08. The van der Waals surface area contributed by atoms with Crippen molar-refractivity contribution in [2.24, 2.45) is 0 Å². The Morgan fingerprint density at radius 1 is 1.30 bits per heavy atom. The molecule has 0 fully saturated rings. The van der Waals surface area contributed by atoms with Gasteiger partial charge in [0.1, 0.15) is 0 Å². The highest BCUT2D eigenvalue weighted by molar-refractivity contribution is 5.79. The van der Waals surface area contributed by atoms with Gasteiger partial charge in [0.15, 0.2) is 11.6 Å². The molecule has 0 aliphatic rings. The number of nitrogens with two attached hydrogens (primary N) is 1. The maximum atomic E-state index is 10.2. The van der Waals surface area contributed by atoms with Gasteiger partial charge in [0.25, 0.3) is 0 Å². The van der Waals surface area contributed by atoms with Crippen molar-refractivity contribution in [3.63, 3.8) is 0 Å². The van der Waals surface area contributed by atoms with E-state index in [1.165, 1.54) is 0 Å². The van der Waals surface area contributed by atoms with Crippen molar-refractivity contribution in [1.29, 1.82) is 0 Å². The summed E-state index contributed by atoms with van der Waals surface area (Å²) < 4.78 is 4.97. The van der Waals surface area contributed by atoms with Crippen molar-refractivity contribution in [3.8, 4) is 0 Å². The van der Waals surface area contributed by atoms with Crippen LogP contribution in [0.3, 0.4) is 0 Å². The quantitative estimate of drug-likeness (QED) is 0.738. The zero-order valence-corrected chi connectivity index (χ0v) is 11.8. The molecule has 2 rings (SSSR count). The summed E-state index contributed by atoms with van der Waals surface area (Å²) in [7, 11) is 1.61. The summed E-state index contributed by atoms with van der Waals surface area (Å²) in [6, 6.07) is 7.51. The van der Waals surface area contributed by atoms with E-state index in [4.69, 9.17) is 10.5 Å². The predicted octanol–water partition coefficient (Wildman–Crippen LogP) is 1.41. The summed E-state index contributed by atoms with van der Waals surface area (Å²) in [6.45, 7) is 2.56. The highest BCUT2D eigenvalue weighted by atomic mass is 16.5. The topological polar surface area (TPSA) is 93.3 Å². The molecular formula is C14H20N4O2. The van der Waals surface area contributed by atoms with Crippen molar-refractivity contribution in [2.45, 2.75) is 18.9 Å². The van der Waals surface area contributed by atoms with Gasteiger partial charge in [-0.25, -0.2) is 9.97 Å². The number of ether oxygens (including phenoxy) is 1. The lowest BCUT2D eigenvalue weighted by atomic mass is 10.0. The average Bonchev–Trinajstić information content (AvgIpc) is 2.43. The summed E-state index contributed by atoms with van der Waals surface area (Å²) in [5.41, 5.74) is 6.50. The van der Waals surface area contributed by atoms with Crippen LogP contribution in [0.5, 0.6) is 0 Å². The first-order valence-corrected chi connectivity index (χ1v) is 6.49. The van der Waals surface area contributed by atoms with Gasteiger partial charge < -0.3 is 20.9 Å². The van der Waals surface area contributed by atoms with Crippen molar-refractivity contribution in [1.82, 2.24) is 9.97 Å². The first kappa shape index (κ1) is 14.5. The number of aromatic nitrogens is 2. The molecule has 20 heavy (non-hydrogen) atoms. The summed E-state index contributed by atoms with van der Waals surface area (Å²) in [5, 5.41) is 13.2. The molecule has 1 unspecified atom stereocenters. The van der Waals surface area contributed by atoms with Crippen LogP contribution >= 0.6 is 0 Å². The van der Waals surface area contributed by atoms with E-state index in [1.807, 2.05) is 24.3 Å². The highest BCUT2D eigenvalue weighted by Crippen LogP contribution is 2.19. The number of fused-ring (bicyclic) bond motifs is 1. The molecule has 1 aromatic carbocycles. The van der Waals surface area contributed by atoms with Crippen LogP contribution in [0.1, 0.15) is 13.3 Å². The van der Waals surface area contributed by atoms with E-state index in [9.17, 15) is 5.11 Å². The molecule has 0 bridgehead atoms. The number of rotatable bonds is 6. The fourth-order valence-corrected chi connectivity index (χ4v) is 1.83. The Hall–Kier alpha value is -1.92. The summed E-state index contributed by atoms with van der Waals surface area (Å²) in [5.74, 6) is 0.813. The molecule has 1 heterocycles. The predicted molar refractivity (Wildman–Crippen MR) is 79.6 cm³/mol. The number of nitrogen functional groups attached to an aromatic ring is 1. The number of nitrogens with zero attached hydrogens (tertiary/aromatic N) is 2. The molecule has 1 aromatic heterocycles. The van der Waals surface area contributed by atoms with Crippen LogP contribution < -0.4 is 11.1 Å². The third kappa shape index (κ3) is 3.55. The van der Waals surface area contributed by atoms with Crippen molar-refractivity contribution in [2.75, 3.05) is 31.3 Å². The van der Waals surface area contributed by atoms with E-state index >= 15 is 0 Å². The van der Waals surface area contributed by atoms with Gasteiger partial charge in [-0.05, 0) is 19.1 Å². The zero-order chi connectivity index (χ0) is 14.6. The number of benzene rings is 1. The third-order valence-electron chi connectivity index (χ3n) is 3.08. The Kier molecular flexibility index (Phi) is 4.36. The average molecular weight is 276 g/mol. The SMILES string of the molecule is COCCC(C)(O)CNc1nc2ccccc2nc1N. The largest absolute Gasteiger partial charge is 0.388 e. The number of para-hydroxylation sites is 2. The second-order valence-corrected chi connectivity index (χ2v) is 5.04. The number of methoxy groups -OCH3 is 1. The Bertz CT molecular complexity index is 586. The maximum Gasteiger partial charge on any atom is 0.169 e. The van der Waals surface area contributed by atoms with E-state index in [0.717, 1.165) is 11.0 Å². The minimum Gasteiger partial charge on any atom is -0.388 e. The van der Waals surface area contributed by atoms with Crippen LogP contribution in [0, 0.1) is 0 Å². The van der Waals surface area contributed by atoms with E-state index in [-0.39, 0.29) is 0 Å². The van der Waals surface area contributed by atoms with Crippen molar-refractivity contribution < 1.29 is 9.84 Å². The normalized spacial score (nSPS) is 14.2. The lowest BCUT2D eigenvalue weighted by molar-refractivity contribution is 0.0357.